The number of aliphatic hydroxyl groups is 1. The quantitative estimate of drug-likeness (QED) is 0.615. The van der Waals surface area contributed by atoms with Gasteiger partial charge < -0.3 is 19.3 Å². The van der Waals surface area contributed by atoms with Gasteiger partial charge in [-0.05, 0) is 12.1 Å². The first kappa shape index (κ1) is 10.9. The van der Waals surface area contributed by atoms with Crippen molar-refractivity contribution < 1.29 is 36.6 Å². The van der Waals surface area contributed by atoms with E-state index in [9.17, 15) is 13.5 Å². The molecular weight excluding hydrogens is 334 g/mol. The molecule has 0 heterocycles. The molecule has 0 amide bonds. The van der Waals surface area contributed by atoms with E-state index in [2.05, 4.69) is 9.50 Å². The van der Waals surface area contributed by atoms with Crippen LogP contribution < -0.4 is 14.2 Å². The van der Waals surface area contributed by atoms with Crippen molar-refractivity contribution in [1.29, 1.82) is 0 Å². The lowest BCUT2D eigenvalue weighted by Gasteiger charge is -2.16. The highest BCUT2D eigenvalue weighted by Gasteiger charge is 2.14. The van der Waals surface area contributed by atoms with Crippen molar-refractivity contribution in [2.75, 3.05) is 13.2 Å². The Morgan fingerprint density at radius 1 is 1.21 bits per heavy atom. The summed E-state index contributed by atoms with van der Waals surface area (Å²) in [5.41, 5.74) is 0. The van der Waals surface area contributed by atoms with Gasteiger partial charge in [0.15, 0.2) is 5.75 Å². The van der Waals surface area contributed by atoms with E-state index in [4.69, 9.17) is 18.9 Å². The van der Waals surface area contributed by atoms with Crippen LogP contribution in [0.3, 0.4) is 0 Å². The largest absolute Gasteiger partial charge is 0.490 e. The molecule has 0 aliphatic rings. The van der Waals surface area contributed by atoms with Gasteiger partial charge in [0.05, 0.1) is 0 Å². The minimum absolute atomic E-state index is 0.151. The first-order valence-corrected chi connectivity index (χ1v) is 8.16. The zero-order chi connectivity index (χ0) is 23.7. The second-order valence-electron chi connectivity index (χ2n) is 4.84. The molecule has 3 N–H and O–H groups in total. The average molecular weight is 362 g/mol. The molecule has 0 spiro atoms. The van der Waals surface area contributed by atoms with E-state index >= 15 is 0 Å². The molecule has 24 heavy (non-hydrogen) atoms. The van der Waals surface area contributed by atoms with Gasteiger partial charge in [0, 0.05) is 32.9 Å². The Hall–Kier alpha value is -1.87. The zero-order valence-electron chi connectivity index (χ0n) is 19.4. The molecule has 1 atom stereocenters. The summed E-state index contributed by atoms with van der Waals surface area (Å²) in [4.78, 5) is 0. The van der Waals surface area contributed by atoms with Crippen LogP contribution in [-0.4, -0.2) is 43.4 Å². The number of rotatable bonds is 8. The summed E-state index contributed by atoms with van der Waals surface area (Å²) in [6.07, 6.45) is -1.37. The van der Waals surface area contributed by atoms with Crippen LogP contribution in [-0.2, 0) is 10.4 Å². The average Bonchev–Trinajstić information content (AvgIpc) is 2.62. The van der Waals surface area contributed by atoms with Crippen LogP contribution in [0.15, 0.2) is 36.4 Å². The number of fused-ring (bicyclic) bond motifs is 1. The third kappa shape index (κ3) is 5.34. The van der Waals surface area contributed by atoms with Gasteiger partial charge in [0.25, 0.3) is 0 Å². The predicted octanol–water partition coefficient (Wildman–Crippen LogP) is 1.76. The number of benzene rings is 2. The van der Waals surface area contributed by atoms with E-state index in [0.717, 1.165) is 0 Å². The molecule has 8 heteroatoms. The molecule has 2 aromatic rings. The van der Waals surface area contributed by atoms with Gasteiger partial charge in [-0.3, -0.25) is 4.55 Å². The molecule has 132 valence electrons. The van der Waals surface area contributed by atoms with Crippen LogP contribution in [0.25, 0.3) is 10.8 Å². The Morgan fingerprint density at radius 2 is 1.83 bits per heavy atom. The Balaban J connectivity index is 2.14. The minimum Gasteiger partial charge on any atom is -0.490 e. The molecule has 7 nitrogen and oxygen atoms in total. The van der Waals surface area contributed by atoms with Gasteiger partial charge in [0.1, 0.15) is 18.5 Å². The molecule has 2 aromatic carbocycles. The molecule has 1 unspecified atom stereocenters. The SMILES string of the molecule is [2H]C([2H])([2H])C([2H])(NCC(O)COc1ccc(OS(=O)(=O)O)c2ccccc12)C([2H])([2H])[2H]. The van der Waals surface area contributed by atoms with Crippen LogP contribution in [0.4, 0.5) is 0 Å². The van der Waals surface area contributed by atoms with Gasteiger partial charge >= 0.3 is 10.4 Å². The Labute approximate surface area is 151 Å². The van der Waals surface area contributed by atoms with Crippen molar-refractivity contribution in [2.24, 2.45) is 0 Å². The lowest BCUT2D eigenvalue weighted by molar-refractivity contribution is 0.105. The highest BCUT2D eigenvalue weighted by Crippen LogP contribution is 2.33. The van der Waals surface area contributed by atoms with Crippen LogP contribution in [0.1, 0.15) is 23.3 Å². The molecule has 0 bridgehead atoms. The summed E-state index contributed by atoms with van der Waals surface area (Å²) in [6, 6.07) is 5.90. The molecule has 0 saturated carbocycles. The van der Waals surface area contributed by atoms with Crippen LogP contribution in [0.2, 0.25) is 0 Å². The molecule has 0 fully saturated rings. The zero-order valence-corrected chi connectivity index (χ0v) is 13.2. The van der Waals surface area contributed by atoms with Gasteiger partial charge in [-0.25, -0.2) is 0 Å². The Morgan fingerprint density at radius 3 is 2.46 bits per heavy atom. The van der Waals surface area contributed by atoms with E-state index in [0.29, 0.717) is 10.8 Å². The molecule has 0 aromatic heterocycles. The summed E-state index contributed by atoms with van der Waals surface area (Å²) in [5, 5.41) is 12.9. The Kier molecular flexibility index (Phi) is 3.54. The maximum atomic E-state index is 11.0. The topological polar surface area (TPSA) is 105 Å². The van der Waals surface area contributed by atoms with E-state index < -0.39 is 49.4 Å². The Bertz CT molecular complexity index is 1010. The van der Waals surface area contributed by atoms with E-state index in [-0.39, 0.29) is 11.5 Å². The third-order valence-electron chi connectivity index (χ3n) is 2.98. The second kappa shape index (κ2) is 7.80. The van der Waals surface area contributed by atoms with Crippen molar-refractivity contribution >= 4 is 21.2 Å². The number of hydrogen-bond donors (Lipinski definition) is 3. The van der Waals surface area contributed by atoms with Crippen LogP contribution >= 0.6 is 0 Å². The number of ether oxygens (including phenoxy) is 1. The summed E-state index contributed by atoms with van der Waals surface area (Å²) in [5.74, 6) is 0.0585. The van der Waals surface area contributed by atoms with Crippen LogP contribution in [0.5, 0.6) is 11.5 Å². The lowest BCUT2D eigenvalue weighted by Crippen LogP contribution is -2.35. The molecule has 0 aliphatic carbocycles. The van der Waals surface area contributed by atoms with E-state index in [1.54, 1.807) is 18.2 Å². The predicted molar refractivity (Wildman–Crippen MR) is 90.8 cm³/mol. The first-order valence-electron chi connectivity index (χ1n) is 10.3. The number of aliphatic hydroxyl groups excluding tert-OH is 1. The number of nitrogens with one attached hydrogen (secondary N) is 1. The van der Waals surface area contributed by atoms with Gasteiger partial charge in [-0.1, -0.05) is 38.0 Å². The lowest BCUT2D eigenvalue weighted by atomic mass is 10.1. The van der Waals surface area contributed by atoms with Crippen molar-refractivity contribution in [2.45, 2.75) is 25.8 Å². The van der Waals surface area contributed by atoms with E-state index in [1.165, 1.54) is 18.2 Å². The number of hydrogen-bond acceptors (Lipinski definition) is 6. The molecule has 0 radical (unpaired) electrons. The third-order valence-corrected chi connectivity index (χ3v) is 3.38. The van der Waals surface area contributed by atoms with Gasteiger partial charge in [0.2, 0.25) is 0 Å². The standard InChI is InChI=1S/C16H21NO6S/c1-11(2)17-9-12(18)10-22-15-7-8-16(23-24(19,20)21)14-6-4-3-5-13(14)15/h3-8,11-12,17-18H,9-10H2,1-2H3,(H,19,20,21)/i1D3,2D3,11D. The summed E-state index contributed by atoms with van der Waals surface area (Å²) in [6.45, 7) is -7.31. The van der Waals surface area contributed by atoms with Crippen LogP contribution in [0, 0.1) is 0 Å². The van der Waals surface area contributed by atoms with E-state index in [1.807, 2.05) is 0 Å². The molecule has 0 saturated heterocycles. The molecule has 2 rings (SSSR count). The van der Waals surface area contributed by atoms with Gasteiger partial charge in [-0.2, -0.15) is 8.42 Å². The second-order valence-corrected chi connectivity index (χ2v) is 5.86. The van der Waals surface area contributed by atoms with Gasteiger partial charge in [-0.15, -0.1) is 0 Å². The molecular formula is C16H21NO6S. The highest BCUT2D eigenvalue weighted by molar-refractivity contribution is 7.81. The maximum Gasteiger partial charge on any atom is 0.446 e. The highest BCUT2D eigenvalue weighted by atomic mass is 32.3. The van der Waals surface area contributed by atoms with Crippen molar-refractivity contribution in [3.8, 4) is 11.5 Å². The monoisotopic (exact) mass is 362 g/mol. The summed E-state index contributed by atoms with van der Waals surface area (Å²) >= 11 is 0. The van der Waals surface area contributed by atoms with Crippen molar-refractivity contribution in [3.63, 3.8) is 0 Å². The first-order chi connectivity index (χ1) is 14.1. The fourth-order valence-electron chi connectivity index (χ4n) is 2.02. The normalized spacial score (nSPS) is 19.0. The fourth-order valence-corrected chi connectivity index (χ4v) is 2.39. The fraction of sp³-hybridized carbons (Fsp3) is 0.375. The summed E-state index contributed by atoms with van der Waals surface area (Å²) < 4.78 is 92.8. The van der Waals surface area contributed by atoms with Crippen molar-refractivity contribution in [1.82, 2.24) is 5.32 Å². The maximum absolute atomic E-state index is 11.0. The smallest absolute Gasteiger partial charge is 0.446 e. The minimum atomic E-state index is -4.75. The summed E-state index contributed by atoms with van der Waals surface area (Å²) in [7, 11) is -4.75. The van der Waals surface area contributed by atoms with Crippen molar-refractivity contribution in [3.05, 3.63) is 36.4 Å². The molecule has 0 aliphatic heterocycles.